The largest absolute Gasteiger partial charge is 0.394 e. The van der Waals surface area contributed by atoms with Crippen LogP contribution in [-0.2, 0) is 10.1 Å². The molecular formula is C12H17NO4S. The molecule has 0 amide bonds. The van der Waals surface area contributed by atoms with Crippen molar-refractivity contribution in [3.63, 3.8) is 0 Å². The van der Waals surface area contributed by atoms with Crippen LogP contribution in [-0.4, -0.2) is 30.2 Å². The van der Waals surface area contributed by atoms with Crippen LogP contribution in [0.1, 0.15) is 25.7 Å². The van der Waals surface area contributed by atoms with E-state index in [-0.39, 0.29) is 17.0 Å². The Hall–Kier alpha value is -1.11. The maximum atomic E-state index is 10.9. The molecule has 0 spiro atoms. The second-order valence-corrected chi connectivity index (χ2v) is 6.19. The standard InChI is InChI=1S/C12H17NO4S/c14-9-12(7-1-2-8-12)13-10-3-5-11(6-4-10)18(15,16)17/h3-6,13-14H,1-2,7-9H2,(H,15,16,17). The molecule has 3 N–H and O–H groups in total. The zero-order valence-electron chi connectivity index (χ0n) is 9.96. The summed E-state index contributed by atoms with van der Waals surface area (Å²) in [6, 6.07) is 5.88. The van der Waals surface area contributed by atoms with Gasteiger partial charge in [-0.1, -0.05) is 12.8 Å². The summed E-state index contributed by atoms with van der Waals surface area (Å²) in [6.45, 7) is 0.0625. The third-order valence-corrected chi connectivity index (χ3v) is 4.29. The Morgan fingerprint density at radius 2 is 1.72 bits per heavy atom. The van der Waals surface area contributed by atoms with Gasteiger partial charge in [0.25, 0.3) is 10.1 Å². The lowest BCUT2D eigenvalue weighted by atomic mass is 9.98. The first-order valence-corrected chi connectivity index (χ1v) is 7.36. The Morgan fingerprint density at radius 3 is 2.17 bits per heavy atom. The summed E-state index contributed by atoms with van der Waals surface area (Å²) in [5, 5.41) is 12.7. The van der Waals surface area contributed by atoms with E-state index < -0.39 is 10.1 Å². The van der Waals surface area contributed by atoms with Gasteiger partial charge in [0.2, 0.25) is 0 Å². The van der Waals surface area contributed by atoms with Crippen molar-refractivity contribution in [2.75, 3.05) is 11.9 Å². The van der Waals surface area contributed by atoms with Gasteiger partial charge in [-0.2, -0.15) is 8.42 Å². The minimum Gasteiger partial charge on any atom is -0.394 e. The summed E-state index contributed by atoms with van der Waals surface area (Å²) < 4.78 is 30.7. The lowest BCUT2D eigenvalue weighted by molar-refractivity contribution is 0.214. The van der Waals surface area contributed by atoms with Gasteiger partial charge < -0.3 is 10.4 Å². The van der Waals surface area contributed by atoms with Crippen LogP contribution in [0, 0.1) is 0 Å². The molecule has 0 aliphatic heterocycles. The summed E-state index contributed by atoms with van der Waals surface area (Å²) in [5.74, 6) is 0. The van der Waals surface area contributed by atoms with Crippen molar-refractivity contribution >= 4 is 15.8 Å². The quantitative estimate of drug-likeness (QED) is 0.725. The number of benzene rings is 1. The van der Waals surface area contributed by atoms with Gasteiger partial charge in [0.05, 0.1) is 17.0 Å². The van der Waals surface area contributed by atoms with E-state index in [2.05, 4.69) is 5.32 Å². The topological polar surface area (TPSA) is 86.6 Å². The molecule has 0 heterocycles. The molecule has 1 aromatic rings. The predicted molar refractivity (Wildman–Crippen MR) is 68.2 cm³/mol. The lowest BCUT2D eigenvalue weighted by Crippen LogP contribution is -2.38. The molecule has 0 saturated heterocycles. The van der Waals surface area contributed by atoms with E-state index in [9.17, 15) is 13.5 Å². The molecule has 6 heteroatoms. The van der Waals surface area contributed by atoms with Crippen molar-refractivity contribution in [1.29, 1.82) is 0 Å². The highest BCUT2D eigenvalue weighted by Crippen LogP contribution is 2.32. The minimum absolute atomic E-state index is 0.0625. The molecule has 1 saturated carbocycles. The molecule has 5 nitrogen and oxygen atoms in total. The highest BCUT2D eigenvalue weighted by atomic mass is 32.2. The number of aliphatic hydroxyl groups is 1. The van der Waals surface area contributed by atoms with E-state index in [0.717, 1.165) is 31.4 Å². The number of hydrogen-bond acceptors (Lipinski definition) is 4. The fourth-order valence-electron chi connectivity index (χ4n) is 2.39. The van der Waals surface area contributed by atoms with Gasteiger partial charge >= 0.3 is 0 Å². The molecule has 100 valence electrons. The van der Waals surface area contributed by atoms with E-state index in [1.54, 1.807) is 12.1 Å². The maximum absolute atomic E-state index is 10.9. The first-order valence-electron chi connectivity index (χ1n) is 5.92. The van der Waals surface area contributed by atoms with Gasteiger partial charge in [0.15, 0.2) is 0 Å². The normalized spacial score (nSPS) is 18.8. The highest BCUT2D eigenvalue weighted by Gasteiger charge is 2.32. The van der Waals surface area contributed by atoms with Crippen molar-refractivity contribution in [2.45, 2.75) is 36.1 Å². The molecule has 0 radical (unpaired) electrons. The van der Waals surface area contributed by atoms with Gasteiger partial charge in [0, 0.05) is 5.69 Å². The fourth-order valence-corrected chi connectivity index (χ4v) is 2.87. The summed E-state index contributed by atoms with van der Waals surface area (Å²) >= 11 is 0. The van der Waals surface area contributed by atoms with Gasteiger partial charge in [-0.05, 0) is 37.1 Å². The third-order valence-electron chi connectivity index (χ3n) is 3.43. The molecule has 1 fully saturated rings. The fraction of sp³-hybridized carbons (Fsp3) is 0.500. The minimum atomic E-state index is -4.14. The molecule has 18 heavy (non-hydrogen) atoms. The monoisotopic (exact) mass is 271 g/mol. The summed E-state index contributed by atoms with van der Waals surface area (Å²) in [4.78, 5) is -0.127. The second-order valence-electron chi connectivity index (χ2n) is 4.77. The van der Waals surface area contributed by atoms with Crippen molar-refractivity contribution in [3.8, 4) is 0 Å². The Kier molecular flexibility index (Phi) is 3.61. The van der Waals surface area contributed by atoms with E-state index in [1.807, 2.05) is 0 Å². The smallest absolute Gasteiger partial charge is 0.294 e. The molecular weight excluding hydrogens is 254 g/mol. The number of hydrogen-bond donors (Lipinski definition) is 3. The van der Waals surface area contributed by atoms with E-state index in [0.29, 0.717) is 0 Å². The van der Waals surface area contributed by atoms with Crippen molar-refractivity contribution in [2.24, 2.45) is 0 Å². The van der Waals surface area contributed by atoms with Crippen molar-refractivity contribution in [3.05, 3.63) is 24.3 Å². The first-order chi connectivity index (χ1) is 8.45. The summed E-state index contributed by atoms with van der Waals surface area (Å²) in [6.07, 6.45) is 3.97. The molecule has 1 aromatic carbocycles. The number of aliphatic hydroxyl groups excluding tert-OH is 1. The summed E-state index contributed by atoms with van der Waals surface area (Å²) in [7, 11) is -4.14. The van der Waals surface area contributed by atoms with Gasteiger partial charge in [-0.15, -0.1) is 0 Å². The molecule has 1 aliphatic carbocycles. The van der Waals surface area contributed by atoms with Crippen molar-refractivity contribution < 1.29 is 18.1 Å². The molecule has 2 rings (SSSR count). The van der Waals surface area contributed by atoms with Gasteiger partial charge in [0.1, 0.15) is 0 Å². The van der Waals surface area contributed by atoms with Crippen LogP contribution in [0.4, 0.5) is 5.69 Å². The Morgan fingerprint density at radius 1 is 1.17 bits per heavy atom. The van der Waals surface area contributed by atoms with Gasteiger partial charge in [-0.3, -0.25) is 4.55 Å². The average molecular weight is 271 g/mol. The SMILES string of the molecule is O=S(=O)(O)c1ccc(NC2(CO)CCCC2)cc1. The number of rotatable bonds is 4. The molecule has 0 aromatic heterocycles. The number of anilines is 1. The van der Waals surface area contributed by atoms with Crippen LogP contribution >= 0.6 is 0 Å². The molecule has 1 aliphatic rings. The average Bonchev–Trinajstić information content (AvgIpc) is 2.78. The van der Waals surface area contributed by atoms with Crippen LogP contribution in [0.2, 0.25) is 0 Å². The zero-order valence-corrected chi connectivity index (χ0v) is 10.8. The van der Waals surface area contributed by atoms with E-state index in [4.69, 9.17) is 4.55 Å². The Labute approximate surface area is 107 Å². The maximum Gasteiger partial charge on any atom is 0.294 e. The summed E-state index contributed by atoms with van der Waals surface area (Å²) in [5.41, 5.74) is 0.456. The van der Waals surface area contributed by atoms with Crippen LogP contribution in [0.15, 0.2) is 29.2 Å². The van der Waals surface area contributed by atoms with Crippen molar-refractivity contribution in [1.82, 2.24) is 0 Å². The van der Waals surface area contributed by atoms with E-state index >= 15 is 0 Å². The van der Waals surface area contributed by atoms with Gasteiger partial charge in [-0.25, -0.2) is 0 Å². The lowest BCUT2D eigenvalue weighted by Gasteiger charge is -2.29. The first kappa shape index (κ1) is 13.3. The molecule has 0 atom stereocenters. The second kappa shape index (κ2) is 4.87. The predicted octanol–water partition coefficient (Wildman–Crippen LogP) is 1.65. The van der Waals surface area contributed by atoms with Crippen LogP contribution in [0.5, 0.6) is 0 Å². The van der Waals surface area contributed by atoms with Crippen LogP contribution in [0.25, 0.3) is 0 Å². The van der Waals surface area contributed by atoms with E-state index in [1.165, 1.54) is 12.1 Å². The Bertz CT molecular complexity index is 503. The highest BCUT2D eigenvalue weighted by molar-refractivity contribution is 7.85. The zero-order chi connectivity index (χ0) is 13.2. The Balaban J connectivity index is 2.15. The molecule has 0 bridgehead atoms. The third kappa shape index (κ3) is 2.82. The number of nitrogens with one attached hydrogen (secondary N) is 1. The van der Waals surface area contributed by atoms with Crippen LogP contribution < -0.4 is 5.32 Å². The van der Waals surface area contributed by atoms with Crippen LogP contribution in [0.3, 0.4) is 0 Å². The molecule has 0 unspecified atom stereocenters.